The van der Waals surface area contributed by atoms with Crippen LogP contribution in [0.4, 0.5) is 0 Å². The van der Waals surface area contributed by atoms with E-state index in [-0.39, 0.29) is 5.97 Å². The summed E-state index contributed by atoms with van der Waals surface area (Å²) in [5.74, 6) is 1.49. The topological polar surface area (TPSA) is 26.3 Å². The maximum absolute atomic E-state index is 10.6. The summed E-state index contributed by atoms with van der Waals surface area (Å²) in [6.45, 7) is 5.35. The van der Waals surface area contributed by atoms with Crippen LogP contribution in [-0.2, 0) is 9.53 Å². The molecule has 0 bridgehead atoms. The van der Waals surface area contributed by atoms with Crippen LogP contribution in [0, 0.1) is 0 Å². The summed E-state index contributed by atoms with van der Waals surface area (Å²) in [6, 6.07) is 0. The summed E-state index contributed by atoms with van der Waals surface area (Å²) in [4.78, 5) is 10.6. The Balaban J connectivity index is 3.89. The first-order chi connectivity index (χ1) is 4.22. The zero-order valence-electron chi connectivity index (χ0n) is 5.55. The average Bonchev–Trinajstić information content (AvgIpc) is 1.87. The molecule has 0 heterocycles. The Kier molecular flexibility index (Phi) is 3.98. The Morgan fingerprint density at radius 1 is 1.78 bits per heavy atom. The van der Waals surface area contributed by atoms with Crippen LogP contribution in [0.3, 0.4) is 0 Å². The highest BCUT2D eigenvalue weighted by molar-refractivity contribution is 7.44. The van der Waals surface area contributed by atoms with Gasteiger partial charge in [-0.1, -0.05) is 20.6 Å². The first kappa shape index (κ1) is 8.38. The molecule has 0 N–H and O–H groups in total. The van der Waals surface area contributed by atoms with E-state index in [2.05, 4.69) is 11.3 Å². The standard InChI is InChI=1S/C6H9O2P/c1-4-9-5(2)6(7)8-3/h4H,2H2,1,3H3. The third-order valence-electron chi connectivity index (χ3n) is 0.706. The smallest absolute Gasteiger partial charge is 0.341 e. The Hall–Kier alpha value is -0.620. The maximum Gasteiger partial charge on any atom is 0.341 e. The van der Waals surface area contributed by atoms with Gasteiger partial charge in [0.2, 0.25) is 0 Å². The van der Waals surface area contributed by atoms with Crippen molar-refractivity contribution < 1.29 is 9.53 Å². The highest BCUT2D eigenvalue weighted by Crippen LogP contribution is 2.10. The molecule has 0 unspecified atom stereocenters. The van der Waals surface area contributed by atoms with Gasteiger partial charge in [0.15, 0.2) is 0 Å². The van der Waals surface area contributed by atoms with Gasteiger partial charge in [-0.05, 0) is 6.92 Å². The fraction of sp³-hybridized carbons (Fsp3) is 0.333. The van der Waals surface area contributed by atoms with Crippen molar-refractivity contribution in [2.24, 2.45) is 0 Å². The molecule has 2 nitrogen and oxygen atoms in total. The second-order valence-electron chi connectivity index (χ2n) is 1.33. The Labute approximate surface area is 56.3 Å². The summed E-state index contributed by atoms with van der Waals surface area (Å²) in [5.41, 5.74) is 0. The number of ether oxygens (including phenoxy) is 1. The number of carbonyl (C=O) groups excluding carboxylic acids is 1. The van der Waals surface area contributed by atoms with E-state index < -0.39 is 0 Å². The first-order valence-corrected chi connectivity index (χ1v) is 3.44. The molecular formula is C6H9O2P. The van der Waals surface area contributed by atoms with Crippen LogP contribution in [-0.4, -0.2) is 18.9 Å². The zero-order chi connectivity index (χ0) is 7.28. The Morgan fingerprint density at radius 2 is 2.33 bits per heavy atom. The predicted molar refractivity (Wildman–Crippen MR) is 39.8 cm³/mol. The summed E-state index contributed by atoms with van der Waals surface area (Å²) >= 11 is 0. The molecule has 0 saturated carbocycles. The van der Waals surface area contributed by atoms with Gasteiger partial charge in [-0.3, -0.25) is 0 Å². The predicted octanol–water partition coefficient (Wildman–Crippen LogP) is 1.44. The van der Waals surface area contributed by atoms with Gasteiger partial charge in [-0.15, -0.1) is 0 Å². The summed E-state index contributed by atoms with van der Waals surface area (Å²) in [6.07, 6.45) is 0. The molecule has 0 aromatic carbocycles. The lowest BCUT2D eigenvalue weighted by molar-refractivity contribution is -0.135. The fourth-order valence-electron chi connectivity index (χ4n) is 0.326. The van der Waals surface area contributed by atoms with E-state index in [0.717, 1.165) is 8.20 Å². The van der Waals surface area contributed by atoms with Gasteiger partial charge in [-0.2, -0.15) is 0 Å². The minimum atomic E-state index is -0.338. The molecule has 0 radical (unpaired) electrons. The molecule has 0 aromatic heterocycles. The van der Waals surface area contributed by atoms with Crippen molar-refractivity contribution in [3.05, 3.63) is 11.9 Å². The molecule has 0 aromatic rings. The normalized spacial score (nSPS) is 9.56. The van der Waals surface area contributed by atoms with Crippen molar-refractivity contribution in [1.82, 2.24) is 0 Å². The van der Waals surface area contributed by atoms with Gasteiger partial charge in [0, 0.05) is 0 Å². The molecule has 0 aliphatic heterocycles. The number of hydrogen-bond donors (Lipinski definition) is 0. The molecule has 0 aliphatic rings. The lowest BCUT2D eigenvalue weighted by Crippen LogP contribution is -1.97. The number of carbonyl (C=O) groups is 1. The van der Waals surface area contributed by atoms with Gasteiger partial charge in [0.25, 0.3) is 0 Å². The molecule has 9 heavy (non-hydrogen) atoms. The van der Waals surface area contributed by atoms with Crippen LogP contribution in [0.5, 0.6) is 0 Å². The van der Waals surface area contributed by atoms with Crippen LogP contribution >= 0.6 is 8.20 Å². The van der Waals surface area contributed by atoms with Gasteiger partial charge >= 0.3 is 5.97 Å². The number of hydrogen-bond acceptors (Lipinski definition) is 2. The molecular weight excluding hydrogens is 135 g/mol. The van der Waals surface area contributed by atoms with E-state index in [9.17, 15) is 4.79 Å². The van der Waals surface area contributed by atoms with E-state index in [1.807, 2.05) is 12.7 Å². The molecule has 3 heteroatoms. The van der Waals surface area contributed by atoms with E-state index in [1.165, 1.54) is 7.11 Å². The highest BCUT2D eigenvalue weighted by atomic mass is 31.1. The van der Waals surface area contributed by atoms with Crippen LogP contribution in [0.1, 0.15) is 6.92 Å². The van der Waals surface area contributed by atoms with Crippen molar-refractivity contribution in [2.75, 3.05) is 7.11 Å². The second-order valence-corrected chi connectivity index (χ2v) is 2.64. The van der Waals surface area contributed by atoms with Crippen LogP contribution < -0.4 is 0 Å². The first-order valence-electron chi connectivity index (χ1n) is 2.48. The van der Waals surface area contributed by atoms with E-state index in [4.69, 9.17) is 0 Å². The molecule has 0 spiro atoms. The monoisotopic (exact) mass is 144 g/mol. The second kappa shape index (κ2) is 4.28. The molecule has 50 valence electrons. The SMILES string of the molecule is C=C(P=CC)C(=O)OC. The van der Waals surface area contributed by atoms with Crippen LogP contribution in [0.2, 0.25) is 0 Å². The van der Waals surface area contributed by atoms with Gasteiger partial charge < -0.3 is 4.74 Å². The molecule has 0 rings (SSSR count). The van der Waals surface area contributed by atoms with Crippen molar-refractivity contribution in [3.8, 4) is 0 Å². The van der Waals surface area contributed by atoms with Gasteiger partial charge in [-0.25, -0.2) is 4.79 Å². The third-order valence-corrected chi connectivity index (χ3v) is 1.46. The van der Waals surface area contributed by atoms with Crippen molar-refractivity contribution in [3.63, 3.8) is 0 Å². The van der Waals surface area contributed by atoms with Gasteiger partial charge in [0.1, 0.15) is 0 Å². The van der Waals surface area contributed by atoms with Crippen LogP contribution in [0.15, 0.2) is 11.9 Å². The lowest BCUT2D eigenvalue weighted by Gasteiger charge is -1.93. The fourth-order valence-corrected chi connectivity index (χ4v) is 0.835. The number of esters is 1. The lowest BCUT2D eigenvalue weighted by atomic mass is 10.6. The number of rotatable bonds is 2. The van der Waals surface area contributed by atoms with Crippen molar-refractivity contribution >= 4 is 20.0 Å². The summed E-state index contributed by atoms with van der Waals surface area (Å²) < 4.78 is 4.40. The maximum atomic E-state index is 10.6. The van der Waals surface area contributed by atoms with E-state index >= 15 is 0 Å². The Morgan fingerprint density at radius 3 is 2.67 bits per heavy atom. The van der Waals surface area contributed by atoms with E-state index in [1.54, 1.807) is 0 Å². The largest absolute Gasteiger partial charge is 0.465 e. The average molecular weight is 144 g/mol. The zero-order valence-corrected chi connectivity index (χ0v) is 6.44. The molecule has 0 aliphatic carbocycles. The van der Waals surface area contributed by atoms with Crippen LogP contribution in [0.25, 0.3) is 0 Å². The third kappa shape index (κ3) is 3.04. The molecule has 0 saturated heterocycles. The minimum absolute atomic E-state index is 0.338. The Bertz CT molecular complexity index is 149. The van der Waals surface area contributed by atoms with Gasteiger partial charge in [0.05, 0.1) is 12.4 Å². The molecule has 0 fully saturated rings. The minimum Gasteiger partial charge on any atom is -0.465 e. The van der Waals surface area contributed by atoms with Crippen molar-refractivity contribution in [1.29, 1.82) is 0 Å². The van der Waals surface area contributed by atoms with Crippen molar-refractivity contribution in [2.45, 2.75) is 6.92 Å². The molecule has 0 atom stereocenters. The summed E-state index contributed by atoms with van der Waals surface area (Å²) in [7, 11) is 2.17. The number of methoxy groups -OCH3 is 1. The summed E-state index contributed by atoms with van der Waals surface area (Å²) in [5, 5.41) is 0.472. The quantitative estimate of drug-likeness (QED) is 0.333. The molecule has 0 amide bonds. The van der Waals surface area contributed by atoms with E-state index in [0.29, 0.717) is 5.31 Å². The highest BCUT2D eigenvalue weighted by Gasteiger charge is 2.00.